The van der Waals surface area contributed by atoms with E-state index >= 15 is 0 Å². The zero-order chi connectivity index (χ0) is 25.5. The number of ether oxygens (including phenoxy) is 1. The molecule has 2 heterocycles. The molecule has 0 radical (unpaired) electrons. The number of allylic oxidation sites excluding steroid dienone is 1. The van der Waals surface area contributed by atoms with Crippen molar-refractivity contribution in [3.63, 3.8) is 0 Å². The van der Waals surface area contributed by atoms with Gasteiger partial charge in [0.25, 0.3) is 0 Å². The predicted octanol–water partition coefficient (Wildman–Crippen LogP) is 3.63. The van der Waals surface area contributed by atoms with Gasteiger partial charge in [0.15, 0.2) is 9.84 Å². The third kappa shape index (κ3) is 6.02. The highest BCUT2D eigenvalue weighted by atomic mass is 32.2. The van der Waals surface area contributed by atoms with Crippen LogP contribution in [0.1, 0.15) is 24.1 Å². The third-order valence-electron chi connectivity index (χ3n) is 6.19. The van der Waals surface area contributed by atoms with Gasteiger partial charge in [-0.25, -0.2) is 8.42 Å². The van der Waals surface area contributed by atoms with Crippen LogP contribution in [0.5, 0.6) is 11.5 Å². The van der Waals surface area contributed by atoms with Gasteiger partial charge in [-0.3, -0.25) is 4.98 Å². The Kier molecular flexibility index (Phi) is 8.20. The van der Waals surface area contributed by atoms with Gasteiger partial charge in [0, 0.05) is 11.8 Å². The molecule has 0 unspecified atom stereocenters. The second kappa shape index (κ2) is 11.5. The van der Waals surface area contributed by atoms with Crippen molar-refractivity contribution in [2.24, 2.45) is 0 Å². The number of aromatic hydroxyl groups is 1. The predicted molar refractivity (Wildman–Crippen MR) is 139 cm³/mol. The summed E-state index contributed by atoms with van der Waals surface area (Å²) in [6.45, 7) is -0.600. The molecule has 0 amide bonds. The van der Waals surface area contributed by atoms with E-state index in [1.807, 2.05) is 42.5 Å². The fourth-order valence-electron chi connectivity index (χ4n) is 4.39. The molecular weight excluding hydrogens is 478 g/mol. The summed E-state index contributed by atoms with van der Waals surface area (Å²) >= 11 is 0. The number of phenols is 1. The van der Waals surface area contributed by atoms with Crippen molar-refractivity contribution in [1.29, 1.82) is 0 Å². The van der Waals surface area contributed by atoms with Crippen molar-refractivity contribution in [3.05, 3.63) is 101 Å². The van der Waals surface area contributed by atoms with E-state index in [2.05, 4.69) is 4.98 Å². The summed E-state index contributed by atoms with van der Waals surface area (Å²) in [4.78, 5) is 4.41. The standard InChI is InChI=1S/C28H29NO6S/c30-17-27-28(22(19-36(27,33)34)18-35-23-9-2-1-3-10-23)26(32)14-13-20(24-11-6-7-15-29-24)16-21-8-4-5-12-25(21)31/h1-12,15-16,26-27,30-32H,13-14,17-19H2/b20-16-/t26-,27+/m1/s1. The molecule has 2 atom stereocenters. The number of phenolic OH excluding ortho intramolecular Hbond substituents is 1. The SMILES string of the molecule is O=S1(=O)CC(COc2ccccc2)=C([C@H](O)CC/C(=C/c2ccccc2O)c2ccccn2)[C@@H]1CO. The molecule has 7 nitrogen and oxygen atoms in total. The summed E-state index contributed by atoms with van der Waals surface area (Å²) in [5, 5.41) is 30.1. The number of para-hydroxylation sites is 2. The van der Waals surface area contributed by atoms with Crippen molar-refractivity contribution in [2.45, 2.75) is 24.2 Å². The van der Waals surface area contributed by atoms with Crippen LogP contribution in [0.15, 0.2) is 90.1 Å². The Morgan fingerprint density at radius 1 is 1.06 bits per heavy atom. The van der Waals surface area contributed by atoms with E-state index in [1.165, 1.54) is 0 Å². The summed E-state index contributed by atoms with van der Waals surface area (Å²) in [5.74, 6) is 0.446. The molecule has 1 aliphatic rings. The maximum atomic E-state index is 12.8. The molecule has 3 N–H and O–H groups in total. The fourth-order valence-corrected chi connectivity index (χ4v) is 6.27. The molecular formula is C28H29NO6S. The normalized spacial score (nSPS) is 18.3. The molecule has 0 bridgehead atoms. The minimum atomic E-state index is -3.65. The van der Waals surface area contributed by atoms with Gasteiger partial charge in [-0.1, -0.05) is 42.5 Å². The van der Waals surface area contributed by atoms with Gasteiger partial charge in [0.1, 0.15) is 23.4 Å². The van der Waals surface area contributed by atoms with E-state index in [1.54, 1.807) is 42.6 Å². The number of rotatable bonds is 10. The van der Waals surface area contributed by atoms with Crippen molar-refractivity contribution in [1.82, 2.24) is 4.98 Å². The van der Waals surface area contributed by atoms with E-state index in [0.717, 1.165) is 5.57 Å². The molecule has 0 saturated carbocycles. The van der Waals surface area contributed by atoms with Gasteiger partial charge in [0.05, 0.1) is 24.2 Å². The van der Waals surface area contributed by atoms with Gasteiger partial charge in [-0.05, 0) is 66.0 Å². The van der Waals surface area contributed by atoms with Crippen molar-refractivity contribution in [2.75, 3.05) is 19.0 Å². The first kappa shape index (κ1) is 25.6. The number of sulfone groups is 1. The van der Waals surface area contributed by atoms with Crippen molar-refractivity contribution >= 4 is 21.5 Å². The van der Waals surface area contributed by atoms with Crippen LogP contribution in [-0.2, 0) is 9.84 Å². The monoisotopic (exact) mass is 507 g/mol. The van der Waals surface area contributed by atoms with Gasteiger partial charge >= 0.3 is 0 Å². The number of aliphatic hydroxyl groups excluding tert-OH is 2. The number of hydrogen-bond donors (Lipinski definition) is 3. The molecule has 1 aromatic heterocycles. The number of benzene rings is 2. The van der Waals surface area contributed by atoms with E-state index < -0.39 is 27.8 Å². The van der Waals surface area contributed by atoms with Gasteiger partial charge < -0.3 is 20.1 Å². The lowest BCUT2D eigenvalue weighted by atomic mass is 9.94. The Labute approximate surface area is 211 Å². The molecule has 0 fully saturated rings. The Balaban J connectivity index is 1.59. The summed E-state index contributed by atoms with van der Waals surface area (Å²) in [5.41, 5.74) is 2.85. The number of aromatic nitrogens is 1. The highest BCUT2D eigenvalue weighted by Crippen LogP contribution is 2.34. The lowest BCUT2D eigenvalue weighted by Crippen LogP contribution is -2.29. The molecule has 0 aliphatic carbocycles. The lowest BCUT2D eigenvalue weighted by molar-refractivity contribution is 0.188. The summed E-state index contributed by atoms with van der Waals surface area (Å²) in [6, 6.07) is 21.4. The highest BCUT2D eigenvalue weighted by Gasteiger charge is 2.41. The molecule has 0 spiro atoms. The van der Waals surface area contributed by atoms with Crippen LogP contribution in [0.25, 0.3) is 11.6 Å². The van der Waals surface area contributed by atoms with Crippen LogP contribution in [0.3, 0.4) is 0 Å². The topological polar surface area (TPSA) is 117 Å². The summed E-state index contributed by atoms with van der Waals surface area (Å²) in [6.07, 6.45) is 2.93. The maximum Gasteiger partial charge on any atom is 0.163 e. The molecule has 4 rings (SSSR count). The smallest absolute Gasteiger partial charge is 0.163 e. The lowest BCUT2D eigenvalue weighted by Gasteiger charge is -2.20. The number of nitrogens with zero attached hydrogens (tertiary/aromatic N) is 1. The Morgan fingerprint density at radius 2 is 1.78 bits per heavy atom. The van der Waals surface area contributed by atoms with Gasteiger partial charge in [-0.2, -0.15) is 0 Å². The zero-order valence-electron chi connectivity index (χ0n) is 19.7. The summed E-state index contributed by atoms with van der Waals surface area (Å²) in [7, 11) is -3.65. The maximum absolute atomic E-state index is 12.8. The molecule has 0 saturated heterocycles. The molecule has 8 heteroatoms. The highest BCUT2D eigenvalue weighted by molar-refractivity contribution is 7.92. The molecule has 2 aromatic carbocycles. The molecule has 188 valence electrons. The first-order valence-electron chi connectivity index (χ1n) is 11.7. The quantitative estimate of drug-likeness (QED) is 0.359. The first-order valence-corrected chi connectivity index (χ1v) is 13.4. The average molecular weight is 508 g/mol. The van der Waals surface area contributed by atoms with Crippen LogP contribution in [0.2, 0.25) is 0 Å². The van der Waals surface area contributed by atoms with Crippen LogP contribution in [-0.4, -0.2) is 59.0 Å². The van der Waals surface area contributed by atoms with E-state index in [9.17, 15) is 23.7 Å². The Morgan fingerprint density at radius 3 is 2.47 bits per heavy atom. The van der Waals surface area contributed by atoms with Crippen LogP contribution in [0.4, 0.5) is 0 Å². The fraction of sp³-hybridized carbons (Fsp3) is 0.250. The van der Waals surface area contributed by atoms with Gasteiger partial charge in [-0.15, -0.1) is 0 Å². The van der Waals surface area contributed by atoms with E-state index in [-0.39, 0.29) is 24.5 Å². The second-order valence-corrected chi connectivity index (χ2v) is 10.8. The van der Waals surface area contributed by atoms with Crippen molar-refractivity contribution < 1.29 is 28.5 Å². The van der Waals surface area contributed by atoms with Gasteiger partial charge in [0.2, 0.25) is 0 Å². The first-order chi connectivity index (χ1) is 17.4. The largest absolute Gasteiger partial charge is 0.507 e. The minimum absolute atomic E-state index is 0.00691. The summed E-state index contributed by atoms with van der Waals surface area (Å²) < 4.78 is 31.3. The minimum Gasteiger partial charge on any atom is -0.507 e. The van der Waals surface area contributed by atoms with Crippen LogP contribution >= 0.6 is 0 Å². The van der Waals surface area contributed by atoms with E-state index in [0.29, 0.717) is 34.6 Å². The zero-order valence-corrected chi connectivity index (χ0v) is 20.5. The van der Waals surface area contributed by atoms with Crippen molar-refractivity contribution in [3.8, 4) is 11.5 Å². The van der Waals surface area contributed by atoms with Crippen LogP contribution in [0, 0.1) is 0 Å². The Hall–Kier alpha value is -3.46. The molecule has 36 heavy (non-hydrogen) atoms. The molecule has 3 aromatic rings. The number of aliphatic hydroxyl groups is 2. The average Bonchev–Trinajstić information content (AvgIpc) is 3.16. The number of pyridine rings is 1. The van der Waals surface area contributed by atoms with Crippen LogP contribution < -0.4 is 4.74 Å². The Bertz CT molecular complexity index is 1340. The third-order valence-corrected chi connectivity index (χ3v) is 8.21. The number of hydrogen-bond acceptors (Lipinski definition) is 7. The second-order valence-electron chi connectivity index (χ2n) is 8.64. The van der Waals surface area contributed by atoms with E-state index in [4.69, 9.17) is 4.74 Å². The molecule has 1 aliphatic heterocycles.